The molecule has 5 heteroatoms. The molecule has 1 aromatic heterocycles. The van der Waals surface area contributed by atoms with Crippen molar-refractivity contribution in [1.82, 2.24) is 9.55 Å². The highest BCUT2D eigenvalue weighted by Gasteiger charge is 2.29. The third kappa shape index (κ3) is 1.98. The normalized spacial score (nSPS) is 25.9. The van der Waals surface area contributed by atoms with Gasteiger partial charge >= 0.3 is 0 Å². The van der Waals surface area contributed by atoms with Gasteiger partial charge in [-0.05, 0) is 25.7 Å². The molecule has 0 saturated carbocycles. The SMILES string of the molecule is NC1CCCn2c(C3CCOCC3)nc(Cl)c21. The molecule has 0 amide bonds. The summed E-state index contributed by atoms with van der Waals surface area (Å²) in [5.41, 5.74) is 7.16. The Hall–Kier alpha value is -0.580. The number of aromatic nitrogens is 2. The van der Waals surface area contributed by atoms with Gasteiger partial charge < -0.3 is 15.0 Å². The third-order valence-electron chi connectivity index (χ3n) is 3.83. The summed E-state index contributed by atoms with van der Waals surface area (Å²) >= 11 is 6.23. The molecule has 1 saturated heterocycles. The minimum Gasteiger partial charge on any atom is -0.381 e. The number of fused-ring (bicyclic) bond motifs is 1. The number of ether oxygens (including phenoxy) is 1. The minimum atomic E-state index is 0.0531. The lowest BCUT2D eigenvalue weighted by atomic mass is 9.98. The molecular formula is C12H18ClN3O. The zero-order valence-electron chi connectivity index (χ0n) is 9.86. The first-order chi connectivity index (χ1) is 8.27. The van der Waals surface area contributed by atoms with Crippen LogP contribution >= 0.6 is 11.6 Å². The molecule has 1 unspecified atom stereocenters. The second-order valence-corrected chi connectivity index (χ2v) is 5.29. The van der Waals surface area contributed by atoms with E-state index >= 15 is 0 Å². The minimum absolute atomic E-state index is 0.0531. The van der Waals surface area contributed by atoms with Gasteiger partial charge in [0, 0.05) is 31.7 Å². The average Bonchev–Trinajstić information content (AvgIpc) is 2.69. The fourth-order valence-electron chi connectivity index (χ4n) is 2.91. The first-order valence-electron chi connectivity index (χ1n) is 6.36. The monoisotopic (exact) mass is 255 g/mol. The van der Waals surface area contributed by atoms with Crippen molar-refractivity contribution in [2.45, 2.75) is 44.2 Å². The highest BCUT2D eigenvalue weighted by molar-refractivity contribution is 6.30. The van der Waals surface area contributed by atoms with E-state index in [1.54, 1.807) is 0 Å². The van der Waals surface area contributed by atoms with Crippen molar-refractivity contribution >= 4 is 11.6 Å². The summed E-state index contributed by atoms with van der Waals surface area (Å²) in [5, 5.41) is 0.610. The van der Waals surface area contributed by atoms with E-state index in [1.807, 2.05) is 0 Å². The number of nitrogens with zero attached hydrogens (tertiary/aromatic N) is 2. The van der Waals surface area contributed by atoms with Gasteiger partial charge in [-0.15, -0.1) is 0 Å². The van der Waals surface area contributed by atoms with Gasteiger partial charge in [0.05, 0.1) is 5.69 Å². The van der Waals surface area contributed by atoms with Crippen LogP contribution in [0.3, 0.4) is 0 Å². The van der Waals surface area contributed by atoms with Crippen LogP contribution in [0.2, 0.25) is 5.15 Å². The summed E-state index contributed by atoms with van der Waals surface area (Å²) in [7, 11) is 0. The van der Waals surface area contributed by atoms with Crippen molar-refractivity contribution in [3.05, 3.63) is 16.7 Å². The van der Waals surface area contributed by atoms with Crippen LogP contribution in [0.25, 0.3) is 0 Å². The van der Waals surface area contributed by atoms with Crippen LogP contribution in [0.1, 0.15) is 49.2 Å². The summed E-state index contributed by atoms with van der Waals surface area (Å²) in [6, 6.07) is 0.0531. The second kappa shape index (κ2) is 4.59. The van der Waals surface area contributed by atoms with E-state index in [9.17, 15) is 0 Å². The average molecular weight is 256 g/mol. The van der Waals surface area contributed by atoms with Crippen LogP contribution < -0.4 is 5.73 Å². The van der Waals surface area contributed by atoms with Crippen LogP contribution in [0.15, 0.2) is 0 Å². The first kappa shape index (κ1) is 11.5. The lowest BCUT2D eigenvalue weighted by molar-refractivity contribution is 0.0826. The van der Waals surface area contributed by atoms with E-state index in [2.05, 4.69) is 9.55 Å². The smallest absolute Gasteiger partial charge is 0.152 e. The molecule has 1 aromatic rings. The van der Waals surface area contributed by atoms with E-state index in [-0.39, 0.29) is 6.04 Å². The molecule has 2 N–H and O–H groups in total. The summed E-state index contributed by atoms with van der Waals surface area (Å²) in [5.74, 6) is 1.61. The zero-order chi connectivity index (χ0) is 11.8. The van der Waals surface area contributed by atoms with Gasteiger partial charge in [0.1, 0.15) is 5.82 Å². The molecule has 0 aliphatic carbocycles. The molecule has 94 valence electrons. The lowest BCUT2D eigenvalue weighted by Crippen LogP contribution is -2.25. The maximum atomic E-state index is 6.23. The fraction of sp³-hybridized carbons (Fsp3) is 0.750. The number of hydrogen-bond donors (Lipinski definition) is 1. The van der Waals surface area contributed by atoms with E-state index in [4.69, 9.17) is 22.1 Å². The van der Waals surface area contributed by atoms with Gasteiger partial charge in [-0.2, -0.15) is 0 Å². The molecule has 3 heterocycles. The molecule has 0 bridgehead atoms. The van der Waals surface area contributed by atoms with Crippen molar-refractivity contribution in [2.75, 3.05) is 13.2 Å². The van der Waals surface area contributed by atoms with Crippen molar-refractivity contribution in [3.63, 3.8) is 0 Å². The molecule has 0 aromatic carbocycles. The van der Waals surface area contributed by atoms with Gasteiger partial charge in [0.2, 0.25) is 0 Å². The molecule has 0 radical (unpaired) electrons. The Morgan fingerprint density at radius 2 is 2.06 bits per heavy atom. The number of hydrogen-bond acceptors (Lipinski definition) is 3. The van der Waals surface area contributed by atoms with Crippen LogP contribution in [0.5, 0.6) is 0 Å². The Kier molecular flexibility index (Phi) is 3.11. The number of imidazole rings is 1. The van der Waals surface area contributed by atoms with Gasteiger partial charge in [-0.3, -0.25) is 0 Å². The molecule has 1 atom stereocenters. The Bertz CT molecular complexity index is 412. The van der Waals surface area contributed by atoms with E-state index in [0.717, 1.165) is 57.0 Å². The topological polar surface area (TPSA) is 53.1 Å². The number of halogens is 1. The Balaban J connectivity index is 1.97. The van der Waals surface area contributed by atoms with Crippen LogP contribution in [-0.2, 0) is 11.3 Å². The summed E-state index contributed by atoms with van der Waals surface area (Å²) in [4.78, 5) is 4.56. The fourth-order valence-corrected chi connectivity index (χ4v) is 3.24. The highest BCUT2D eigenvalue weighted by atomic mass is 35.5. The Morgan fingerprint density at radius 1 is 1.29 bits per heavy atom. The summed E-state index contributed by atoms with van der Waals surface area (Å²) in [6.07, 6.45) is 4.22. The molecule has 0 spiro atoms. The van der Waals surface area contributed by atoms with Crippen molar-refractivity contribution in [2.24, 2.45) is 5.73 Å². The van der Waals surface area contributed by atoms with Crippen molar-refractivity contribution in [3.8, 4) is 0 Å². The van der Waals surface area contributed by atoms with E-state index < -0.39 is 0 Å². The predicted octanol–water partition coefficient (Wildman–Crippen LogP) is 2.22. The quantitative estimate of drug-likeness (QED) is 0.837. The van der Waals surface area contributed by atoms with Gasteiger partial charge in [-0.1, -0.05) is 11.6 Å². The predicted molar refractivity (Wildman–Crippen MR) is 66.2 cm³/mol. The molecule has 17 heavy (non-hydrogen) atoms. The maximum Gasteiger partial charge on any atom is 0.152 e. The largest absolute Gasteiger partial charge is 0.381 e. The van der Waals surface area contributed by atoms with E-state index in [0.29, 0.717) is 11.1 Å². The molecule has 2 aliphatic heterocycles. The second-order valence-electron chi connectivity index (χ2n) is 4.93. The molecule has 1 fully saturated rings. The van der Waals surface area contributed by atoms with E-state index in [1.165, 1.54) is 0 Å². The first-order valence-corrected chi connectivity index (χ1v) is 6.74. The van der Waals surface area contributed by atoms with Crippen molar-refractivity contribution < 1.29 is 4.74 Å². The molecule has 3 rings (SSSR count). The summed E-state index contributed by atoms with van der Waals surface area (Å²) < 4.78 is 7.65. The molecular weight excluding hydrogens is 238 g/mol. The van der Waals surface area contributed by atoms with Crippen molar-refractivity contribution in [1.29, 1.82) is 0 Å². The van der Waals surface area contributed by atoms with Crippen LogP contribution in [0, 0.1) is 0 Å². The van der Waals surface area contributed by atoms with Gasteiger partial charge in [0.15, 0.2) is 5.15 Å². The molecule has 2 aliphatic rings. The van der Waals surface area contributed by atoms with Gasteiger partial charge in [-0.25, -0.2) is 4.98 Å². The number of nitrogens with two attached hydrogens (primary N) is 1. The van der Waals surface area contributed by atoms with Gasteiger partial charge in [0.25, 0.3) is 0 Å². The maximum absolute atomic E-state index is 6.23. The molecule has 4 nitrogen and oxygen atoms in total. The highest BCUT2D eigenvalue weighted by Crippen LogP contribution is 2.35. The summed E-state index contributed by atoms with van der Waals surface area (Å²) in [6.45, 7) is 2.67. The Labute approximate surface area is 106 Å². The third-order valence-corrected chi connectivity index (χ3v) is 4.10. The van der Waals surface area contributed by atoms with Crippen LogP contribution in [0.4, 0.5) is 0 Å². The Morgan fingerprint density at radius 3 is 2.82 bits per heavy atom. The number of rotatable bonds is 1. The zero-order valence-corrected chi connectivity index (χ0v) is 10.6. The standard InChI is InChI=1S/C12H18ClN3O/c13-11-10-9(14)2-1-5-16(10)12(15-11)8-3-6-17-7-4-8/h8-9H,1-7,14H2. The lowest BCUT2D eigenvalue weighted by Gasteiger charge is -2.26. The van der Waals surface area contributed by atoms with Crippen LogP contribution in [-0.4, -0.2) is 22.8 Å².